The van der Waals surface area contributed by atoms with E-state index in [0.717, 1.165) is 16.9 Å². The molecule has 8 heteroatoms. The second-order valence-electron chi connectivity index (χ2n) is 5.87. The van der Waals surface area contributed by atoms with E-state index in [1.165, 1.54) is 7.11 Å². The molecule has 0 radical (unpaired) electrons. The van der Waals surface area contributed by atoms with Crippen molar-refractivity contribution in [2.75, 3.05) is 19.1 Å². The van der Waals surface area contributed by atoms with Crippen LogP contribution in [-0.2, 0) is 0 Å². The molecule has 0 aliphatic carbocycles. The molecule has 0 saturated carbocycles. The predicted octanol–water partition coefficient (Wildman–Crippen LogP) is 2.61. The number of aromatic nitrogens is 4. The zero-order valence-electron chi connectivity index (χ0n) is 14.6. The number of pyridine rings is 2. The molecule has 0 aromatic carbocycles. The summed E-state index contributed by atoms with van der Waals surface area (Å²) in [5.74, 6) is 0.849. The highest BCUT2D eigenvalue weighted by molar-refractivity contribution is 6.10. The number of rotatable bonds is 4. The van der Waals surface area contributed by atoms with Gasteiger partial charge in [0.25, 0.3) is 11.8 Å². The smallest absolute Gasteiger partial charge is 0.260 e. The van der Waals surface area contributed by atoms with Crippen LogP contribution in [0.15, 0.2) is 36.8 Å². The van der Waals surface area contributed by atoms with Crippen molar-refractivity contribution < 1.29 is 14.3 Å². The van der Waals surface area contributed by atoms with Crippen LogP contribution in [0.25, 0.3) is 11.3 Å². The van der Waals surface area contributed by atoms with Crippen LogP contribution in [0.1, 0.15) is 29.0 Å². The number of aromatic amines is 1. The number of anilines is 1. The molecule has 0 saturated heterocycles. The molecule has 26 heavy (non-hydrogen) atoms. The van der Waals surface area contributed by atoms with Crippen molar-refractivity contribution >= 4 is 11.6 Å². The Labute approximate surface area is 149 Å². The summed E-state index contributed by atoms with van der Waals surface area (Å²) in [5.41, 5.74) is 3.53. The molecule has 3 aromatic rings. The van der Waals surface area contributed by atoms with Gasteiger partial charge in [0.05, 0.1) is 49.1 Å². The summed E-state index contributed by atoms with van der Waals surface area (Å²) in [6.45, 7) is 1.94. The van der Waals surface area contributed by atoms with Crippen LogP contribution >= 0.6 is 0 Å². The highest BCUT2D eigenvalue weighted by Crippen LogP contribution is 2.37. The second-order valence-corrected chi connectivity index (χ2v) is 5.87. The van der Waals surface area contributed by atoms with Crippen LogP contribution in [0, 0.1) is 0 Å². The van der Waals surface area contributed by atoms with E-state index in [2.05, 4.69) is 15.2 Å². The number of nitrogens with one attached hydrogen (secondary N) is 1. The maximum Gasteiger partial charge on any atom is 0.260 e. The van der Waals surface area contributed by atoms with Gasteiger partial charge in [-0.2, -0.15) is 5.10 Å². The Balaban J connectivity index is 1.75. The molecule has 132 valence electrons. The largest absolute Gasteiger partial charge is 0.491 e. The number of amides is 1. The third kappa shape index (κ3) is 2.38. The van der Waals surface area contributed by atoms with E-state index in [-0.39, 0.29) is 11.9 Å². The molecular formula is C18H17N5O3. The molecule has 1 atom stereocenters. The van der Waals surface area contributed by atoms with Crippen molar-refractivity contribution in [3.05, 3.63) is 48.0 Å². The lowest BCUT2D eigenvalue weighted by atomic mass is 10.1. The van der Waals surface area contributed by atoms with Crippen molar-refractivity contribution in [2.45, 2.75) is 13.0 Å². The van der Waals surface area contributed by atoms with Gasteiger partial charge in [0.15, 0.2) is 5.75 Å². The number of nitrogens with zero attached hydrogens (tertiary/aromatic N) is 4. The highest BCUT2D eigenvalue weighted by atomic mass is 16.5. The van der Waals surface area contributed by atoms with E-state index < -0.39 is 0 Å². The number of H-pyrrole nitrogens is 1. The summed E-state index contributed by atoms with van der Waals surface area (Å²) >= 11 is 0. The number of hydrogen-bond donors (Lipinski definition) is 1. The molecule has 0 spiro atoms. The summed E-state index contributed by atoms with van der Waals surface area (Å²) in [5, 5.41) is 6.66. The van der Waals surface area contributed by atoms with E-state index in [1.54, 1.807) is 36.7 Å². The van der Waals surface area contributed by atoms with Gasteiger partial charge in [-0.1, -0.05) is 0 Å². The lowest BCUT2D eigenvalue weighted by Crippen LogP contribution is -2.25. The monoisotopic (exact) mass is 351 g/mol. The number of methoxy groups -OCH3 is 2. The molecular weight excluding hydrogens is 334 g/mol. The third-order valence-electron chi connectivity index (χ3n) is 4.45. The fourth-order valence-electron chi connectivity index (χ4n) is 3.15. The highest BCUT2D eigenvalue weighted by Gasteiger charge is 2.37. The molecule has 0 fully saturated rings. The molecule has 1 aliphatic heterocycles. The van der Waals surface area contributed by atoms with Crippen LogP contribution in [-0.4, -0.2) is 40.3 Å². The lowest BCUT2D eigenvalue weighted by molar-refractivity contribution is 0.0992. The molecule has 0 bridgehead atoms. The van der Waals surface area contributed by atoms with E-state index in [9.17, 15) is 4.79 Å². The van der Waals surface area contributed by atoms with Gasteiger partial charge in [0, 0.05) is 18.0 Å². The Morgan fingerprint density at radius 3 is 2.73 bits per heavy atom. The molecule has 0 unspecified atom stereocenters. The van der Waals surface area contributed by atoms with Crippen LogP contribution in [0.5, 0.6) is 11.6 Å². The molecule has 3 aromatic heterocycles. The fourth-order valence-corrected chi connectivity index (χ4v) is 3.15. The van der Waals surface area contributed by atoms with Gasteiger partial charge in [0.1, 0.15) is 0 Å². The average molecular weight is 351 g/mol. The van der Waals surface area contributed by atoms with Crippen LogP contribution in [0.3, 0.4) is 0 Å². The van der Waals surface area contributed by atoms with Gasteiger partial charge in [0.2, 0.25) is 0 Å². The number of hydrogen-bond acceptors (Lipinski definition) is 6. The number of carbonyl (C=O) groups excluding carboxylic acids is 1. The number of carbonyl (C=O) groups is 1. The minimum atomic E-state index is -0.192. The fraction of sp³-hybridized carbons (Fsp3) is 0.222. The SMILES string of the molecule is COc1cc(-c2ccc3c(n2)[C@H](C)N(c2cn[nH]c2)C3=O)cnc1OC. The van der Waals surface area contributed by atoms with Crippen LogP contribution in [0.2, 0.25) is 0 Å². The van der Waals surface area contributed by atoms with E-state index in [4.69, 9.17) is 14.5 Å². The van der Waals surface area contributed by atoms with Gasteiger partial charge in [-0.3, -0.25) is 14.8 Å². The molecule has 1 N–H and O–H groups in total. The third-order valence-corrected chi connectivity index (χ3v) is 4.45. The van der Waals surface area contributed by atoms with Crippen molar-refractivity contribution in [1.82, 2.24) is 20.2 Å². The first-order valence-electron chi connectivity index (χ1n) is 8.05. The Hall–Kier alpha value is -3.42. The molecule has 8 nitrogen and oxygen atoms in total. The van der Waals surface area contributed by atoms with Gasteiger partial charge >= 0.3 is 0 Å². The lowest BCUT2D eigenvalue weighted by Gasteiger charge is -2.19. The van der Waals surface area contributed by atoms with Crippen molar-refractivity contribution in [2.24, 2.45) is 0 Å². The van der Waals surface area contributed by atoms with Crippen molar-refractivity contribution in [1.29, 1.82) is 0 Å². The normalized spacial score (nSPS) is 15.9. The van der Waals surface area contributed by atoms with E-state index in [1.807, 2.05) is 19.1 Å². The van der Waals surface area contributed by atoms with Crippen molar-refractivity contribution in [3.8, 4) is 22.9 Å². The minimum Gasteiger partial charge on any atom is -0.491 e. The number of ether oxygens (including phenoxy) is 2. The topological polar surface area (TPSA) is 93.2 Å². The van der Waals surface area contributed by atoms with Gasteiger partial charge < -0.3 is 9.47 Å². The molecule has 4 rings (SSSR count). The molecule has 1 aliphatic rings. The first-order chi connectivity index (χ1) is 12.6. The van der Waals surface area contributed by atoms with Gasteiger partial charge in [-0.25, -0.2) is 9.97 Å². The van der Waals surface area contributed by atoms with Crippen molar-refractivity contribution in [3.63, 3.8) is 0 Å². The quantitative estimate of drug-likeness (QED) is 0.777. The van der Waals surface area contributed by atoms with E-state index >= 15 is 0 Å². The van der Waals surface area contributed by atoms with Gasteiger partial charge in [-0.05, 0) is 25.1 Å². The Morgan fingerprint density at radius 2 is 2.04 bits per heavy atom. The average Bonchev–Trinajstić information content (AvgIpc) is 3.28. The van der Waals surface area contributed by atoms with Gasteiger partial charge in [-0.15, -0.1) is 0 Å². The first-order valence-corrected chi connectivity index (χ1v) is 8.05. The predicted molar refractivity (Wildman–Crippen MR) is 94.4 cm³/mol. The summed E-state index contributed by atoms with van der Waals surface area (Å²) in [6.07, 6.45) is 4.99. The van der Waals surface area contributed by atoms with E-state index in [0.29, 0.717) is 22.9 Å². The summed E-state index contributed by atoms with van der Waals surface area (Å²) in [6, 6.07) is 5.23. The molecule has 4 heterocycles. The number of fused-ring (bicyclic) bond motifs is 1. The summed E-state index contributed by atoms with van der Waals surface area (Å²) < 4.78 is 10.5. The Bertz CT molecular complexity index is 971. The second kappa shape index (κ2) is 6.14. The Kier molecular flexibility index (Phi) is 3.80. The van der Waals surface area contributed by atoms with Crippen LogP contribution in [0.4, 0.5) is 5.69 Å². The summed E-state index contributed by atoms with van der Waals surface area (Å²) in [4.78, 5) is 23.4. The standard InChI is InChI=1S/C18H17N5O3/c1-10-16-13(18(24)23(10)12-8-20-21-9-12)4-5-14(22-16)11-6-15(25-2)17(26-3)19-7-11/h4-10H,1-3H3,(H,20,21)/t10-/m0/s1. The zero-order chi connectivity index (χ0) is 18.3. The Morgan fingerprint density at radius 1 is 1.19 bits per heavy atom. The maximum absolute atomic E-state index is 12.7. The maximum atomic E-state index is 12.7. The molecule has 1 amide bonds. The summed E-state index contributed by atoms with van der Waals surface area (Å²) in [7, 11) is 3.10. The first kappa shape index (κ1) is 16.1. The van der Waals surface area contributed by atoms with Crippen LogP contribution < -0.4 is 14.4 Å². The zero-order valence-corrected chi connectivity index (χ0v) is 14.6. The minimum absolute atomic E-state index is 0.0848.